The van der Waals surface area contributed by atoms with Gasteiger partial charge in [-0.05, 0) is 67.5 Å². The van der Waals surface area contributed by atoms with E-state index in [1.165, 1.54) is 49.8 Å². The molecular formula is C24H40N2O. The molecule has 0 amide bonds. The molecule has 0 bridgehead atoms. The van der Waals surface area contributed by atoms with Gasteiger partial charge in [0.1, 0.15) is 6.23 Å². The van der Waals surface area contributed by atoms with Crippen LogP contribution in [0, 0.1) is 11.3 Å². The summed E-state index contributed by atoms with van der Waals surface area (Å²) in [5.41, 5.74) is 3.17. The second kappa shape index (κ2) is 8.96. The van der Waals surface area contributed by atoms with Crippen molar-refractivity contribution in [3.63, 3.8) is 0 Å². The molecule has 1 atom stereocenters. The maximum atomic E-state index is 10.8. The van der Waals surface area contributed by atoms with Gasteiger partial charge in [0, 0.05) is 25.3 Å². The first-order chi connectivity index (χ1) is 12.9. The summed E-state index contributed by atoms with van der Waals surface area (Å²) in [4.78, 5) is 4.68. The van der Waals surface area contributed by atoms with E-state index >= 15 is 0 Å². The van der Waals surface area contributed by atoms with Crippen molar-refractivity contribution >= 4 is 5.69 Å². The van der Waals surface area contributed by atoms with Crippen LogP contribution >= 0.6 is 0 Å². The zero-order valence-corrected chi connectivity index (χ0v) is 18.0. The summed E-state index contributed by atoms with van der Waals surface area (Å²) in [6.45, 7) is 13.3. The number of hydrogen-bond donors (Lipinski definition) is 1. The number of aliphatic hydroxyl groups is 1. The number of para-hydroxylation sites is 1. The molecule has 1 unspecified atom stereocenters. The van der Waals surface area contributed by atoms with E-state index in [-0.39, 0.29) is 6.23 Å². The van der Waals surface area contributed by atoms with E-state index in [2.05, 4.69) is 61.8 Å². The van der Waals surface area contributed by atoms with Crippen LogP contribution in [0.25, 0.3) is 0 Å². The van der Waals surface area contributed by atoms with Gasteiger partial charge in [0.05, 0.1) is 0 Å². The Morgan fingerprint density at radius 2 is 1.74 bits per heavy atom. The van der Waals surface area contributed by atoms with Crippen LogP contribution < -0.4 is 4.90 Å². The molecule has 2 aliphatic rings. The lowest BCUT2D eigenvalue weighted by Crippen LogP contribution is -2.53. The average Bonchev–Trinajstić information content (AvgIpc) is 2.66. The number of β-amino-alcohol motifs (C(OH)–C–C–N with tert-alkyl or cyclic N) is 1. The number of hydrogen-bond acceptors (Lipinski definition) is 3. The predicted molar refractivity (Wildman–Crippen MR) is 115 cm³/mol. The van der Waals surface area contributed by atoms with Gasteiger partial charge in [0.25, 0.3) is 0 Å². The van der Waals surface area contributed by atoms with E-state index in [0.29, 0.717) is 11.3 Å². The Bertz CT molecular complexity index is 586. The molecule has 0 radical (unpaired) electrons. The fourth-order valence-electron chi connectivity index (χ4n) is 5.05. The number of unbranched alkanes of at least 4 members (excludes halogenated alkanes) is 1. The zero-order valence-electron chi connectivity index (χ0n) is 18.0. The number of rotatable bonds is 5. The molecule has 0 aromatic heterocycles. The molecule has 1 saturated heterocycles. The first-order valence-electron chi connectivity index (χ1n) is 11.2. The smallest absolute Gasteiger partial charge is 0.139 e. The minimum atomic E-state index is -0.386. The van der Waals surface area contributed by atoms with Gasteiger partial charge in [-0.2, -0.15) is 0 Å². The van der Waals surface area contributed by atoms with Crippen molar-refractivity contribution in [2.24, 2.45) is 11.3 Å². The van der Waals surface area contributed by atoms with Crippen molar-refractivity contribution < 1.29 is 5.11 Å². The topological polar surface area (TPSA) is 26.7 Å². The van der Waals surface area contributed by atoms with Crippen molar-refractivity contribution in [2.45, 2.75) is 78.4 Å². The molecule has 1 saturated carbocycles. The normalized spacial score (nSPS) is 27.7. The third-order valence-corrected chi connectivity index (χ3v) is 6.90. The van der Waals surface area contributed by atoms with Gasteiger partial charge >= 0.3 is 0 Å². The fourth-order valence-corrected chi connectivity index (χ4v) is 5.05. The lowest BCUT2D eigenvalue weighted by atomic mass is 9.68. The SMILES string of the molecule is CCCCN1CCN(c2ccccc2C2CCC(C(C)(C)C)CC2)C(O)C1. The number of benzene rings is 1. The summed E-state index contributed by atoms with van der Waals surface area (Å²) in [6, 6.07) is 8.86. The third kappa shape index (κ3) is 5.06. The number of aliphatic hydroxyl groups excluding tert-OH is 1. The van der Waals surface area contributed by atoms with Gasteiger partial charge in [-0.3, -0.25) is 4.90 Å². The molecule has 1 aromatic carbocycles. The van der Waals surface area contributed by atoms with E-state index < -0.39 is 0 Å². The average molecular weight is 373 g/mol. The molecule has 3 rings (SSSR count). The summed E-state index contributed by atoms with van der Waals surface area (Å²) in [5.74, 6) is 1.48. The van der Waals surface area contributed by atoms with E-state index in [0.717, 1.165) is 32.1 Å². The summed E-state index contributed by atoms with van der Waals surface area (Å²) < 4.78 is 0. The van der Waals surface area contributed by atoms with E-state index in [9.17, 15) is 5.11 Å². The molecule has 1 heterocycles. The van der Waals surface area contributed by atoms with Crippen molar-refractivity contribution in [2.75, 3.05) is 31.1 Å². The van der Waals surface area contributed by atoms with Crippen LogP contribution in [0.5, 0.6) is 0 Å². The standard InChI is InChI=1S/C24H40N2O/c1-5-6-15-25-16-17-26(23(27)18-25)22-10-8-7-9-21(22)19-11-13-20(14-12-19)24(2,3)4/h7-10,19-20,23,27H,5-6,11-18H2,1-4H3. The Labute approximate surface area is 166 Å². The molecule has 1 aromatic rings. The lowest BCUT2D eigenvalue weighted by molar-refractivity contribution is 0.0808. The van der Waals surface area contributed by atoms with Crippen LogP contribution in [-0.4, -0.2) is 42.4 Å². The first kappa shape index (κ1) is 20.7. The van der Waals surface area contributed by atoms with Crippen LogP contribution in [-0.2, 0) is 0 Å². The number of nitrogens with zero attached hydrogens (tertiary/aromatic N) is 2. The summed E-state index contributed by atoms with van der Waals surface area (Å²) in [6.07, 6.45) is 7.28. The molecule has 152 valence electrons. The largest absolute Gasteiger partial charge is 0.372 e. The Kier molecular flexibility index (Phi) is 6.86. The molecular weight excluding hydrogens is 332 g/mol. The lowest BCUT2D eigenvalue weighted by Gasteiger charge is -2.42. The highest BCUT2D eigenvalue weighted by molar-refractivity contribution is 5.56. The van der Waals surface area contributed by atoms with Gasteiger partial charge < -0.3 is 10.0 Å². The molecule has 1 aliphatic heterocycles. The summed E-state index contributed by atoms with van der Waals surface area (Å²) >= 11 is 0. The van der Waals surface area contributed by atoms with Crippen LogP contribution in [0.2, 0.25) is 0 Å². The second-order valence-electron chi connectivity index (χ2n) is 9.80. The zero-order chi connectivity index (χ0) is 19.4. The second-order valence-corrected chi connectivity index (χ2v) is 9.80. The molecule has 2 fully saturated rings. The Hall–Kier alpha value is -1.06. The van der Waals surface area contributed by atoms with Crippen molar-refractivity contribution in [1.82, 2.24) is 4.90 Å². The first-order valence-corrected chi connectivity index (χ1v) is 11.2. The molecule has 3 nitrogen and oxygen atoms in total. The van der Waals surface area contributed by atoms with Gasteiger partial charge in [-0.1, -0.05) is 52.3 Å². The third-order valence-electron chi connectivity index (χ3n) is 6.90. The fraction of sp³-hybridized carbons (Fsp3) is 0.750. The Morgan fingerprint density at radius 1 is 1.04 bits per heavy atom. The molecule has 1 aliphatic carbocycles. The van der Waals surface area contributed by atoms with Crippen molar-refractivity contribution in [3.05, 3.63) is 29.8 Å². The molecule has 3 heteroatoms. The van der Waals surface area contributed by atoms with Crippen molar-refractivity contribution in [3.8, 4) is 0 Å². The van der Waals surface area contributed by atoms with Gasteiger partial charge in [0.2, 0.25) is 0 Å². The highest BCUT2D eigenvalue weighted by Gasteiger charge is 2.33. The van der Waals surface area contributed by atoms with Crippen LogP contribution in [0.15, 0.2) is 24.3 Å². The van der Waals surface area contributed by atoms with Crippen LogP contribution in [0.1, 0.15) is 77.7 Å². The van der Waals surface area contributed by atoms with E-state index in [1.54, 1.807) is 0 Å². The minimum absolute atomic E-state index is 0.386. The van der Waals surface area contributed by atoms with Gasteiger partial charge in [-0.25, -0.2) is 0 Å². The number of anilines is 1. The van der Waals surface area contributed by atoms with E-state index in [1.807, 2.05) is 0 Å². The van der Waals surface area contributed by atoms with Crippen LogP contribution in [0.3, 0.4) is 0 Å². The Morgan fingerprint density at radius 3 is 2.37 bits per heavy atom. The number of piperazine rings is 1. The van der Waals surface area contributed by atoms with Crippen LogP contribution in [0.4, 0.5) is 5.69 Å². The molecule has 1 N–H and O–H groups in total. The van der Waals surface area contributed by atoms with Gasteiger partial charge in [-0.15, -0.1) is 0 Å². The maximum absolute atomic E-state index is 10.8. The quantitative estimate of drug-likeness (QED) is 0.765. The summed E-state index contributed by atoms with van der Waals surface area (Å²) in [5, 5.41) is 10.8. The molecule has 0 spiro atoms. The Balaban J connectivity index is 1.68. The molecule has 27 heavy (non-hydrogen) atoms. The van der Waals surface area contributed by atoms with Crippen molar-refractivity contribution in [1.29, 1.82) is 0 Å². The van der Waals surface area contributed by atoms with Gasteiger partial charge in [0.15, 0.2) is 0 Å². The highest BCUT2D eigenvalue weighted by Crippen LogP contribution is 2.45. The van der Waals surface area contributed by atoms with E-state index in [4.69, 9.17) is 0 Å². The monoisotopic (exact) mass is 372 g/mol. The minimum Gasteiger partial charge on any atom is -0.372 e. The highest BCUT2D eigenvalue weighted by atomic mass is 16.3. The summed E-state index contributed by atoms with van der Waals surface area (Å²) in [7, 11) is 0. The maximum Gasteiger partial charge on any atom is 0.139 e. The predicted octanol–water partition coefficient (Wildman–Crippen LogP) is 5.25.